The van der Waals surface area contributed by atoms with Crippen molar-refractivity contribution in [1.82, 2.24) is 0 Å². The molecule has 21 heavy (non-hydrogen) atoms. The summed E-state index contributed by atoms with van der Waals surface area (Å²) in [6.07, 6.45) is 0. The van der Waals surface area contributed by atoms with E-state index >= 15 is 0 Å². The highest BCUT2D eigenvalue weighted by molar-refractivity contribution is 5.91. The summed E-state index contributed by atoms with van der Waals surface area (Å²) in [5, 5.41) is 0.719. The molecule has 0 saturated carbocycles. The topological polar surface area (TPSA) is 56.5 Å². The number of esters is 1. The van der Waals surface area contributed by atoms with Crippen LogP contribution in [0.5, 0.6) is 5.75 Å². The largest absolute Gasteiger partial charge is 0.423 e. The van der Waals surface area contributed by atoms with Gasteiger partial charge in [-0.05, 0) is 42.5 Å². The van der Waals surface area contributed by atoms with Crippen molar-refractivity contribution in [2.24, 2.45) is 0 Å². The molecule has 2 aromatic carbocycles. The Balaban J connectivity index is 1.89. The van der Waals surface area contributed by atoms with Crippen LogP contribution < -0.4 is 10.4 Å². The van der Waals surface area contributed by atoms with Gasteiger partial charge in [-0.25, -0.2) is 14.0 Å². The van der Waals surface area contributed by atoms with Crippen molar-refractivity contribution in [2.45, 2.75) is 0 Å². The number of fused-ring (bicyclic) bond motifs is 1. The number of rotatable bonds is 2. The van der Waals surface area contributed by atoms with E-state index in [-0.39, 0.29) is 11.3 Å². The molecule has 0 spiro atoms. The lowest BCUT2D eigenvalue weighted by Gasteiger charge is -2.05. The second-order valence-electron chi connectivity index (χ2n) is 4.35. The van der Waals surface area contributed by atoms with Crippen molar-refractivity contribution in [3.63, 3.8) is 0 Å². The molecule has 0 atom stereocenters. The molecule has 0 aliphatic carbocycles. The van der Waals surface area contributed by atoms with Crippen molar-refractivity contribution in [3.05, 3.63) is 76.4 Å². The van der Waals surface area contributed by atoms with Crippen LogP contribution in [-0.4, -0.2) is 5.97 Å². The average molecular weight is 284 g/mol. The molecule has 0 aliphatic heterocycles. The van der Waals surface area contributed by atoms with E-state index < -0.39 is 17.4 Å². The molecule has 0 unspecified atom stereocenters. The molecule has 0 bridgehead atoms. The van der Waals surface area contributed by atoms with Crippen molar-refractivity contribution < 1.29 is 18.3 Å². The zero-order valence-electron chi connectivity index (χ0n) is 10.7. The van der Waals surface area contributed by atoms with E-state index in [1.807, 2.05) is 0 Å². The van der Waals surface area contributed by atoms with Gasteiger partial charge in [0.15, 0.2) is 0 Å². The fraction of sp³-hybridized carbons (Fsp3) is 0. The van der Waals surface area contributed by atoms with Gasteiger partial charge in [0.2, 0.25) is 0 Å². The van der Waals surface area contributed by atoms with Gasteiger partial charge >= 0.3 is 11.6 Å². The van der Waals surface area contributed by atoms with Crippen molar-refractivity contribution in [2.75, 3.05) is 0 Å². The molecule has 0 amide bonds. The summed E-state index contributed by atoms with van der Waals surface area (Å²) in [6, 6.07) is 12.7. The lowest BCUT2D eigenvalue weighted by molar-refractivity contribution is 0.0735. The highest BCUT2D eigenvalue weighted by Crippen LogP contribution is 2.20. The maximum atomic E-state index is 12.8. The number of hydrogen-bond donors (Lipinski definition) is 0. The van der Waals surface area contributed by atoms with Crippen LogP contribution in [0.3, 0.4) is 0 Å². The van der Waals surface area contributed by atoms with Gasteiger partial charge in [-0.15, -0.1) is 0 Å². The van der Waals surface area contributed by atoms with Crippen LogP contribution in [0, 0.1) is 5.82 Å². The van der Waals surface area contributed by atoms with Crippen molar-refractivity contribution in [3.8, 4) is 5.75 Å². The predicted octanol–water partition coefficient (Wildman–Crippen LogP) is 3.15. The second-order valence-corrected chi connectivity index (χ2v) is 4.35. The van der Waals surface area contributed by atoms with Gasteiger partial charge in [0.05, 0.1) is 5.56 Å². The molecule has 5 heteroatoms. The van der Waals surface area contributed by atoms with Gasteiger partial charge in [0, 0.05) is 17.5 Å². The Morgan fingerprint density at radius 3 is 2.48 bits per heavy atom. The maximum absolute atomic E-state index is 12.8. The standard InChI is InChI=1S/C16H9FO4/c17-12-5-1-11(2-6-12)16(19)20-13-7-3-10-4-8-15(18)21-14(10)9-13/h1-9H. The van der Waals surface area contributed by atoms with Gasteiger partial charge in [0.25, 0.3) is 0 Å². The Morgan fingerprint density at radius 2 is 1.71 bits per heavy atom. The zero-order chi connectivity index (χ0) is 14.8. The molecular weight excluding hydrogens is 275 g/mol. The fourth-order valence-corrected chi connectivity index (χ4v) is 1.86. The summed E-state index contributed by atoms with van der Waals surface area (Å²) in [5.41, 5.74) is 0.0717. The van der Waals surface area contributed by atoms with E-state index in [0.717, 1.165) is 5.39 Å². The van der Waals surface area contributed by atoms with Gasteiger partial charge in [0.1, 0.15) is 17.1 Å². The molecule has 3 rings (SSSR count). The Hall–Kier alpha value is -2.95. The van der Waals surface area contributed by atoms with Gasteiger partial charge in [-0.1, -0.05) is 0 Å². The summed E-state index contributed by atoms with van der Waals surface area (Å²) in [6.45, 7) is 0. The smallest absolute Gasteiger partial charge is 0.343 e. The summed E-state index contributed by atoms with van der Waals surface area (Å²) >= 11 is 0. The molecule has 1 heterocycles. The van der Waals surface area contributed by atoms with E-state index in [2.05, 4.69) is 0 Å². The zero-order valence-corrected chi connectivity index (χ0v) is 10.7. The van der Waals surface area contributed by atoms with Crippen LogP contribution >= 0.6 is 0 Å². The van der Waals surface area contributed by atoms with Gasteiger partial charge in [-0.3, -0.25) is 0 Å². The molecule has 1 aromatic heterocycles. The van der Waals surface area contributed by atoms with Crippen LogP contribution in [-0.2, 0) is 0 Å². The van der Waals surface area contributed by atoms with Crippen molar-refractivity contribution >= 4 is 16.9 Å². The molecular formula is C16H9FO4. The van der Waals surface area contributed by atoms with Crippen LogP contribution in [0.2, 0.25) is 0 Å². The van der Waals surface area contributed by atoms with Crippen LogP contribution in [0.25, 0.3) is 11.0 Å². The number of ether oxygens (including phenoxy) is 1. The lowest BCUT2D eigenvalue weighted by atomic mass is 10.2. The maximum Gasteiger partial charge on any atom is 0.343 e. The van der Waals surface area contributed by atoms with E-state index in [4.69, 9.17) is 9.15 Å². The van der Waals surface area contributed by atoms with E-state index in [1.165, 1.54) is 36.4 Å². The quantitative estimate of drug-likeness (QED) is 0.412. The average Bonchev–Trinajstić information content (AvgIpc) is 2.47. The minimum atomic E-state index is -0.618. The molecule has 0 saturated heterocycles. The Labute approximate surface area is 118 Å². The summed E-state index contributed by atoms with van der Waals surface area (Å²) in [4.78, 5) is 23.1. The fourth-order valence-electron chi connectivity index (χ4n) is 1.86. The SMILES string of the molecule is O=C(Oc1ccc2ccc(=O)oc2c1)c1ccc(F)cc1. The summed E-state index contributed by atoms with van der Waals surface area (Å²) in [5.74, 6) is -0.808. The minimum Gasteiger partial charge on any atom is -0.423 e. The molecule has 3 aromatic rings. The number of carbonyl (C=O) groups is 1. The number of benzene rings is 2. The lowest BCUT2D eigenvalue weighted by Crippen LogP contribution is -2.08. The summed E-state index contributed by atoms with van der Waals surface area (Å²) < 4.78 is 23.0. The molecule has 0 aliphatic rings. The van der Waals surface area contributed by atoms with Crippen LogP contribution in [0.4, 0.5) is 4.39 Å². The molecule has 104 valence electrons. The van der Waals surface area contributed by atoms with Gasteiger partial charge < -0.3 is 9.15 Å². The Morgan fingerprint density at radius 1 is 1.00 bits per heavy atom. The number of hydrogen-bond acceptors (Lipinski definition) is 4. The first-order valence-electron chi connectivity index (χ1n) is 6.13. The monoisotopic (exact) mass is 284 g/mol. The van der Waals surface area contributed by atoms with E-state index in [0.29, 0.717) is 5.58 Å². The molecule has 0 radical (unpaired) electrons. The first kappa shape index (κ1) is 13.1. The highest BCUT2D eigenvalue weighted by atomic mass is 19.1. The van der Waals surface area contributed by atoms with Crippen LogP contribution in [0.15, 0.2) is 63.8 Å². The van der Waals surface area contributed by atoms with Crippen LogP contribution in [0.1, 0.15) is 10.4 Å². The van der Waals surface area contributed by atoms with E-state index in [9.17, 15) is 14.0 Å². The number of carbonyl (C=O) groups excluding carboxylic acids is 1. The third kappa shape index (κ3) is 2.81. The Kier molecular flexibility index (Phi) is 3.23. The number of halogens is 1. The summed E-state index contributed by atoms with van der Waals surface area (Å²) in [7, 11) is 0. The predicted molar refractivity (Wildman–Crippen MR) is 73.8 cm³/mol. The molecule has 4 nitrogen and oxygen atoms in total. The first-order chi connectivity index (χ1) is 10.1. The molecule has 0 fully saturated rings. The normalized spacial score (nSPS) is 10.5. The highest BCUT2D eigenvalue weighted by Gasteiger charge is 2.09. The second kappa shape index (κ2) is 5.20. The third-order valence-corrected chi connectivity index (χ3v) is 2.89. The first-order valence-corrected chi connectivity index (χ1v) is 6.13. The third-order valence-electron chi connectivity index (χ3n) is 2.89. The van der Waals surface area contributed by atoms with Crippen molar-refractivity contribution in [1.29, 1.82) is 0 Å². The molecule has 0 N–H and O–H groups in total. The minimum absolute atomic E-state index is 0.228. The van der Waals surface area contributed by atoms with E-state index in [1.54, 1.807) is 18.2 Å². The van der Waals surface area contributed by atoms with Gasteiger partial charge in [-0.2, -0.15) is 0 Å². The Bertz CT molecular complexity index is 865.